The van der Waals surface area contributed by atoms with Gasteiger partial charge in [0.15, 0.2) is 11.5 Å². The molecule has 4 rings (SSSR count). The lowest BCUT2D eigenvalue weighted by molar-refractivity contribution is -0.104. The van der Waals surface area contributed by atoms with Gasteiger partial charge in [-0.25, -0.2) is 14.3 Å². The van der Waals surface area contributed by atoms with Gasteiger partial charge < -0.3 is 15.1 Å². The zero-order valence-corrected chi connectivity index (χ0v) is 24.0. The minimum Gasteiger partial charge on any atom is -0.369 e. The van der Waals surface area contributed by atoms with E-state index >= 15 is 0 Å². The number of nitrogens with zero attached hydrogens (tertiary/aromatic N) is 8. The zero-order valence-electron chi connectivity index (χ0n) is 24.0. The predicted molar refractivity (Wildman–Crippen MR) is 157 cm³/mol. The highest BCUT2D eigenvalue weighted by molar-refractivity contribution is 6.01. The third-order valence-electron chi connectivity index (χ3n) is 7.04. The van der Waals surface area contributed by atoms with Crippen molar-refractivity contribution in [1.82, 2.24) is 29.2 Å². The van der Waals surface area contributed by atoms with Crippen molar-refractivity contribution in [1.29, 1.82) is 0 Å². The van der Waals surface area contributed by atoms with Crippen LogP contribution in [0.25, 0.3) is 11.0 Å². The number of anilines is 3. The second-order valence-electron chi connectivity index (χ2n) is 10.8. The Morgan fingerprint density at radius 1 is 1.21 bits per heavy atom. The van der Waals surface area contributed by atoms with Crippen LogP contribution >= 0.6 is 0 Å². The van der Waals surface area contributed by atoms with Gasteiger partial charge in [0.2, 0.25) is 5.95 Å². The molecule has 0 unspecified atom stereocenters. The third-order valence-corrected chi connectivity index (χ3v) is 7.04. The molecule has 11 nitrogen and oxygen atoms in total. The Labute approximate surface area is 229 Å². The van der Waals surface area contributed by atoms with Gasteiger partial charge in [-0.1, -0.05) is 0 Å². The molecule has 0 spiro atoms. The highest BCUT2D eigenvalue weighted by Crippen LogP contribution is 2.26. The lowest BCUT2D eigenvalue weighted by Gasteiger charge is -2.35. The summed E-state index contributed by atoms with van der Waals surface area (Å²) in [6, 6.07) is 6.24. The minimum atomic E-state index is -0.281. The Hall–Kier alpha value is -3.99. The smallest absolute Gasteiger partial charge is 0.278 e. The highest BCUT2D eigenvalue weighted by Gasteiger charge is 2.21. The standard InChI is InChI=1S/C28H39N9O2/c1-8-36-26(39)22-19-29-27(30-21-11-12-23(20(2)18-21)35-15-13-33(6)14-16-35)31-25(22)37(36)24(10-9-17-38)32-34(7)28(3,4)5/h9-12,17-19H,8,13-16H2,1-7H3,(H,29,30,31)/b10-9-,32-24+. The van der Waals surface area contributed by atoms with Crippen molar-refractivity contribution in [2.45, 2.75) is 46.7 Å². The number of hydrazone groups is 1. The van der Waals surface area contributed by atoms with Crippen LogP contribution in [-0.2, 0) is 11.3 Å². The summed E-state index contributed by atoms with van der Waals surface area (Å²) in [5, 5.41) is 10.2. The molecule has 3 aromatic rings. The first-order chi connectivity index (χ1) is 18.5. The van der Waals surface area contributed by atoms with Crippen LogP contribution in [0.5, 0.6) is 0 Å². The molecule has 2 aromatic heterocycles. The fourth-order valence-electron chi connectivity index (χ4n) is 4.45. The Bertz CT molecular complexity index is 1450. The average molecular weight is 534 g/mol. The number of likely N-dealkylation sites (N-methyl/N-ethyl adjacent to an activating group) is 1. The normalized spacial score (nSPS) is 15.4. The highest BCUT2D eigenvalue weighted by atomic mass is 16.1. The molecular formula is C28H39N9O2. The van der Waals surface area contributed by atoms with Crippen molar-refractivity contribution < 1.29 is 4.79 Å². The summed E-state index contributed by atoms with van der Waals surface area (Å²) >= 11 is 0. The molecule has 0 amide bonds. The largest absolute Gasteiger partial charge is 0.369 e. The Morgan fingerprint density at radius 3 is 2.54 bits per heavy atom. The monoisotopic (exact) mass is 533 g/mol. The lowest BCUT2D eigenvalue weighted by Crippen LogP contribution is -2.44. The van der Waals surface area contributed by atoms with E-state index in [0.717, 1.165) is 31.9 Å². The minimum absolute atomic E-state index is 0.225. The first-order valence-electron chi connectivity index (χ1n) is 13.3. The number of aryl methyl sites for hydroxylation is 1. The Morgan fingerprint density at radius 2 is 1.92 bits per heavy atom. The molecule has 0 aliphatic carbocycles. The molecular weight excluding hydrogens is 494 g/mol. The van der Waals surface area contributed by atoms with E-state index in [1.807, 2.05) is 40.8 Å². The van der Waals surface area contributed by atoms with Gasteiger partial charge in [0.05, 0.1) is 0 Å². The third kappa shape index (κ3) is 6.03. The molecule has 0 radical (unpaired) electrons. The van der Waals surface area contributed by atoms with Crippen LogP contribution in [0.15, 0.2) is 46.4 Å². The van der Waals surface area contributed by atoms with Gasteiger partial charge in [-0.15, -0.1) is 0 Å². The number of nitrogens with one attached hydrogen (secondary N) is 1. The number of hydrogen-bond acceptors (Lipinski definition) is 9. The van der Waals surface area contributed by atoms with Gasteiger partial charge in [0, 0.05) is 62.9 Å². The number of piperazine rings is 1. The van der Waals surface area contributed by atoms with Crippen LogP contribution in [0.2, 0.25) is 0 Å². The number of carbonyl (C=O) groups excluding carboxylic acids is 1. The molecule has 1 fully saturated rings. The van der Waals surface area contributed by atoms with E-state index in [4.69, 9.17) is 10.1 Å². The summed E-state index contributed by atoms with van der Waals surface area (Å²) in [6.45, 7) is 14.6. The number of carbonyl (C=O) groups is 1. The number of hydrogen-bond donors (Lipinski definition) is 1. The second-order valence-corrected chi connectivity index (χ2v) is 10.8. The van der Waals surface area contributed by atoms with Crippen LogP contribution in [-0.4, -0.2) is 87.2 Å². The molecule has 0 atom stereocenters. The lowest BCUT2D eigenvalue weighted by atomic mass is 10.1. The van der Waals surface area contributed by atoms with E-state index in [1.165, 1.54) is 23.5 Å². The number of benzene rings is 1. The molecule has 3 heterocycles. The molecule has 1 saturated heterocycles. The van der Waals surface area contributed by atoms with E-state index < -0.39 is 0 Å². The van der Waals surface area contributed by atoms with Crippen molar-refractivity contribution in [3.8, 4) is 0 Å². The fraction of sp³-hybridized carbons (Fsp3) is 0.464. The van der Waals surface area contributed by atoms with E-state index in [9.17, 15) is 9.59 Å². The maximum atomic E-state index is 13.2. The Balaban J connectivity index is 1.73. The van der Waals surface area contributed by atoms with Crippen LogP contribution < -0.4 is 15.8 Å². The molecule has 1 aliphatic rings. The second kappa shape index (κ2) is 11.4. The molecule has 1 aliphatic heterocycles. The number of allylic oxidation sites excluding steroid dienone is 2. The predicted octanol–water partition coefficient (Wildman–Crippen LogP) is 3.06. The summed E-state index contributed by atoms with van der Waals surface area (Å²) in [6.07, 6.45) is 5.16. The molecule has 1 aromatic carbocycles. The van der Waals surface area contributed by atoms with Crippen molar-refractivity contribution in [3.63, 3.8) is 0 Å². The summed E-state index contributed by atoms with van der Waals surface area (Å²) in [5.74, 6) is 0.754. The van der Waals surface area contributed by atoms with E-state index in [2.05, 4.69) is 46.2 Å². The SMILES string of the molecule is CCn1c(=O)c2cnc(Nc3ccc(N4CCN(C)CC4)c(C)c3)nc2n1C(/C=C\C=O)=N/N(C)C(C)(C)C. The number of fused-ring (bicyclic) bond motifs is 1. The Kier molecular flexibility index (Phi) is 8.19. The zero-order chi connectivity index (χ0) is 28.3. The maximum Gasteiger partial charge on any atom is 0.278 e. The number of aromatic nitrogens is 4. The molecule has 39 heavy (non-hydrogen) atoms. The molecule has 1 N–H and O–H groups in total. The molecule has 0 bridgehead atoms. The fourth-order valence-corrected chi connectivity index (χ4v) is 4.45. The summed E-state index contributed by atoms with van der Waals surface area (Å²) in [4.78, 5) is 38.4. The maximum absolute atomic E-state index is 13.2. The van der Waals surface area contributed by atoms with Gasteiger partial charge in [-0.3, -0.25) is 14.6 Å². The summed E-state index contributed by atoms with van der Waals surface area (Å²) in [7, 11) is 4.00. The van der Waals surface area contributed by atoms with Crippen molar-refractivity contribution in [3.05, 3.63) is 52.5 Å². The van der Waals surface area contributed by atoms with Gasteiger partial charge in [0.1, 0.15) is 11.7 Å². The first kappa shape index (κ1) is 28.0. The number of aldehydes is 1. The molecule has 208 valence electrons. The van der Waals surface area contributed by atoms with E-state index in [1.54, 1.807) is 20.4 Å². The van der Waals surface area contributed by atoms with Crippen molar-refractivity contribution in [2.75, 3.05) is 50.5 Å². The van der Waals surface area contributed by atoms with Gasteiger partial charge in [-0.2, -0.15) is 10.1 Å². The summed E-state index contributed by atoms with van der Waals surface area (Å²) < 4.78 is 3.19. The van der Waals surface area contributed by atoms with Crippen molar-refractivity contribution >= 4 is 40.5 Å². The average Bonchev–Trinajstić information content (AvgIpc) is 3.17. The molecule has 11 heteroatoms. The number of rotatable bonds is 7. The van der Waals surface area contributed by atoms with Crippen LogP contribution in [0.1, 0.15) is 33.3 Å². The van der Waals surface area contributed by atoms with Gasteiger partial charge in [-0.05, 0) is 77.6 Å². The van der Waals surface area contributed by atoms with Gasteiger partial charge in [0.25, 0.3) is 5.56 Å². The van der Waals surface area contributed by atoms with Crippen LogP contribution in [0.3, 0.4) is 0 Å². The topological polar surface area (TPSA) is 104 Å². The van der Waals surface area contributed by atoms with Crippen LogP contribution in [0.4, 0.5) is 17.3 Å². The van der Waals surface area contributed by atoms with Gasteiger partial charge >= 0.3 is 0 Å². The van der Waals surface area contributed by atoms with E-state index in [0.29, 0.717) is 35.6 Å². The quantitative estimate of drug-likeness (QED) is 0.163. The first-order valence-corrected chi connectivity index (χ1v) is 13.3. The summed E-state index contributed by atoms with van der Waals surface area (Å²) in [5.41, 5.74) is 3.15. The van der Waals surface area contributed by atoms with E-state index in [-0.39, 0.29) is 11.1 Å². The van der Waals surface area contributed by atoms with Crippen LogP contribution in [0, 0.1) is 6.92 Å². The molecule has 0 saturated carbocycles. The van der Waals surface area contributed by atoms with Crippen molar-refractivity contribution in [2.24, 2.45) is 5.10 Å².